The van der Waals surface area contributed by atoms with Gasteiger partial charge in [0.1, 0.15) is 0 Å². The Labute approximate surface area is 130 Å². The van der Waals surface area contributed by atoms with E-state index in [0.29, 0.717) is 5.88 Å². The van der Waals surface area contributed by atoms with Crippen molar-refractivity contribution < 1.29 is 0 Å². The van der Waals surface area contributed by atoms with Crippen molar-refractivity contribution in [1.82, 2.24) is 5.32 Å². The molecular weight excluding hydrogens is 280 g/mol. The highest BCUT2D eigenvalue weighted by atomic mass is 35.5. The summed E-state index contributed by atoms with van der Waals surface area (Å²) in [4.78, 5) is 2.42. The molecule has 2 aliphatic heterocycles. The SMILES string of the molecule is ClCC1NCC=C2c3ccccc3N(c3ccccc3)C21. The normalized spacial score (nSPS) is 23.5. The summed E-state index contributed by atoms with van der Waals surface area (Å²) in [6.45, 7) is 0.889. The van der Waals surface area contributed by atoms with Crippen LogP contribution in [0.5, 0.6) is 0 Å². The lowest BCUT2D eigenvalue weighted by Crippen LogP contribution is -2.50. The Morgan fingerprint density at radius 1 is 1.05 bits per heavy atom. The van der Waals surface area contributed by atoms with Crippen molar-refractivity contribution in [1.29, 1.82) is 0 Å². The van der Waals surface area contributed by atoms with Crippen LogP contribution in [0.2, 0.25) is 0 Å². The van der Waals surface area contributed by atoms with Gasteiger partial charge < -0.3 is 10.2 Å². The van der Waals surface area contributed by atoms with Crippen molar-refractivity contribution in [3.05, 3.63) is 66.2 Å². The van der Waals surface area contributed by atoms with Crippen LogP contribution < -0.4 is 10.2 Å². The summed E-state index contributed by atoms with van der Waals surface area (Å²) in [6, 6.07) is 19.7. The van der Waals surface area contributed by atoms with Crippen LogP contribution in [0.3, 0.4) is 0 Å². The molecule has 0 aromatic heterocycles. The molecule has 2 atom stereocenters. The largest absolute Gasteiger partial charge is 0.332 e. The minimum Gasteiger partial charge on any atom is -0.332 e. The molecule has 0 aliphatic carbocycles. The van der Waals surface area contributed by atoms with E-state index in [0.717, 1.165) is 6.54 Å². The van der Waals surface area contributed by atoms with Gasteiger partial charge in [-0.05, 0) is 23.8 Å². The second-order valence-corrected chi connectivity index (χ2v) is 5.80. The van der Waals surface area contributed by atoms with Crippen LogP contribution in [0.15, 0.2) is 60.7 Å². The molecule has 0 spiro atoms. The maximum Gasteiger partial charge on any atom is 0.0760 e. The predicted molar refractivity (Wildman–Crippen MR) is 89.3 cm³/mol. The van der Waals surface area contributed by atoms with E-state index in [1.54, 1.807) is 0 Å². The quantitative estimate of drug-likeness (QED) is 0.848. The van der Waals surface area contributed by atoms with E-state index >= 15 is 0 Å². The van der Waals surface area contributed by atoms with Crippen molar-refractivity contribution >= 4 is 28.5 Å². The van der Waals surface area contributed by atoms with E-state index in [2.05, 4.69) is 70.9 Å². The Morgan fingerprint density at radius 3 is 2.62 bits per heavy atom. The van der Waals surface area contributed by atoms with Gasteiger partial charge in [-0.1, -0.05) is 42.5 Å². The summed E-state index contributed by atoms with van der Waals surface area (Å²) in [7, 11) is 0. The monoisotopic (exact) mass is 296 g/mol. The summed E-state index contributed by atoms with van der Waals surface area (Å²) in [5, 5.41) is 3.52. The molecule has 0 amide bonds. The molecule has 0 saturated heterocycles. The Kier molecular flexibility index (Phi) is 3.21. The predicted octanol–water partition coefficient (Wildman–Crippen LogP) is 3.80. The Morgan fingerprint density at radius 2 is 1.81 bits per heavy atom. The number of benzene rings is 2. The number of hydrogen-bond acceptors (Lipinski definition) is 2. The second-order valence-electron chi connectivity index (χ2n) is 5.50. The highest BCUT2D eigenvalue weighted by Crippen LogP contribution is 2.46. The van der Waals surface area contributed by atoms with Crippen LogP contribution in [0.25, 0.3) is 5.57 Å². The first kappa shape index (κ1) is 12.9. The number of rotatable bonds is 2. The van der Waals surface area contributed by atoms with E-state index in [1.807, 2.05) is 0 Å². The summed E-state index contributed by atoms with van der Waals surface area (Å²) < 4.78 is 0. The number of hydrogen-bond donors (Lipinski definition) is 1. The number of nitrogens with zero attached hydrogens (tertiary/aromatic N) is 1. The Balaban J connectivity index is 1.91. The molecule has 1 N–H and O–H groups in total. The van der Waals surface area contributed by atoms with E-state index in [4.69, 9.17) is 11.6 Å². The fourth-order valence-corrected chi connectivity index (χ4v) is 3.74. The lowest BCUT2D eigenvalue weighted by atomic mass is 9.94. The number of anilines is 2. The van der Waals surface area contributed by atoms with Crippen LogP contribution >= 0.6 is 11.6 Å². The third kappa shape index (κ3) is 1.98. The molecule has 2 aromatic rings. The van der Waals surface area contributed by atoms with Crippen LogP contribution in [0.4, 0.5) is 11.4 Å². The molecule has 0 bridgehead atoms. The number of halogens is 1. The maximum absolute atomic E-state index is 6.23. The first-order valence-electron chi connectivity index (χ1n) is 7.33. The van der Waals surface area contributed by atoms with Gasteiger partial charge >= 0.3 is 0 Å². The molecule has 2 aliphatic rings. The van der Waals surface area contributed by atoms with Gasteiger partial charge in [-0.25, -0.2) is 0 Å². The van der Waals surface area contributed by atoms with Gasteiger partial charge in [0.05, 0.1) is 6.04 Å². The smallest absolute Gasteiger partial charge is 0.0760 e. The molecular formula is C18H17ClN2. The van der Waals surface area contributed by atoms with E-state index in [1.165, 1.54) is 22.5 Å². The summed E-state index contributed by atoms with van der Waals surface area (Å²) in [5.41, 5.74) is 5.23. The topological polar surface area (TPSA) is 15.3 Å². The van der Waals surface area contributed by atoms with Gasteiger partial charge in [0, 0.05) is 35.4 Å². The Hall–Kier alpha value is -1.77. The highest BCUT2D eigenvalue weighted by Gasteiger charge is 2.40. The van der Waals surface area contributed by atoms with Crippen molar-refractivity contribution in [2.45, 2.75) is 12.1 Å². The van der Waals surface area contributed by atoms with Crippen molar-refractivity contribution in [2.75, 3.05) is 17.3 Å². The molecule has 0 fully saturated rings. The average Bonchev–Trinajstić information content (AvgIpc) is 2.90. The molecule has 2 aromatic carbocycles. The number of nitrogens with one attached hydrogen (secondary N) is 1. The van der Waals surface area contributed by atoms with Crippen LogP contribution in [-0.4, -0.2) is 24.5 Å². The highest BCUT2D eigenvalue weighted by molar-refractivity contribution is 6.18. The van der Waals surface area contributed by atoms with Gasteiger partial charge in [0.25, 0.3) is 0 Å². The molecule has 0 radical (unpaired) electrons. The van der Waals surface area contributed by atoms with Crippen LogP contribution in [-0.2, 0) is 0 Å². The molecule has 2 unspecified atom stereocenters. The fourth-order valence-electron chi connectivity index (χ4n) is 3.46. The number of para-hydroxylation sites is 2. The maximum atomic E-state index is 6.23. The van der Waals surface area contributed by atoms with Gasteiger partial charge in [-0.15, -0.1) is 11.6 Å². The number of alkyl halides is 1. The lowest BCUT2D eigenvalue weighted by Gasteiger charge is -2.36. The molecule has 3 heteroatoms. The minimum atomic E-state index is 0.263. The first-order chi connectivity index (χ1) is 10.4. The molecule has 106 valence electrons. The number of fused-ring (bicyclic) bond motifs is 3. The Bertz CT molecular complexity index is 681. The van der Waals surface area contributed by atoms with Crippen LogP contribution in [0, 0.1) is 0 Å². The summed E-state index contributed by atoms with van der Waals surface area (Å²) in [6.07, 6.45) is 2.30. The zero-order valence-electron chi connectivity index (χ0n) is 11.7. The van der Waals surface area contributed by atoms with Crippen LogP contribution in [0.1, 0.15) is 5.56 Å². The molecule has 2 heterocycles. The van der Waals surface area contributed by atoms with Gasteiger partial charge in [-0.3, -0.25) is 0 Å². The third-order valence-electron chi connectivity index (χ3n) is 4.36. The second kappa shape index (κ2) is 5.21. The molecule has 0 saturated carbocycles. The standard InChI is InChI=1S/C18H17ClN2/c19-12-16-18-15(10-11-20-16)14-8-4-5-9-17(14)21(18)13-6-2-1-3-7-13/h1-10,16,18,20H,11-12H2. The summed E-state index contributed by atoms with van der Waals surface area (Å²) >= 11 is 6.23. The van der Waals surface area contributed by atoms with Gasteiger partial charge in [0.2, 0.25) is 0 Å². The third-order valence-corrected chi connectivity index (χ3v) is 4.69. The van der Waals surface area contributed by atoms with E-state index in [-0.39, 0.29) is 12.1 Å². The molecule has 4 rings (SSSR count). The zero-order chi connectivity index (χ0) is 14.2. The first-order valence-corrected chi connectivity index (χ1v) is 7.86. The van der Waals surface area contributed by atoms with E-state index < -0.39 is 0 Å². The van der Waals surface area contributed by atoms with Gasteiger partial charge in [-0.2, -0.15) is 0 Å². The van der Waals surface area contributed by atoms with Crippen molar-refractivity contribution in [2.24, 2.45) is 0 Å². The molecule has 21 heavy (non-hydrogen) atoms. The van der Waals surface area contributed by atoms with Crippen molar-refractivity contribution in [3.63, 3.8) is 0 Å². The fraction of sp³-hybridized carbons (Fsp3) is 0.222. The van der Waals surface area contributed by atoms with Gasteiger partial charge in [0.15, 0.2) is 0 Å². The molecule has 2 nitrogen and oxygen atoms in total. The minimum absolute atomic E-state index is 0.263. The summed E-state index contributed by atoms with van der Waals surface area (Å²) in [5.74, 6) is 0.610. The van der Waals surface area contributed by atoms with Crippen molar-refractivity contribution in [3.8, 4) is 0 Å². The lowest BCUT2D eigenvalue weighted by molar-refractivity contribution is 0.528. The zero-order valence-corrected chi connectivity index (χ0v) is 12.4. The average molecular weight is 297 g/mol. The van der Waals surface area contributed by atoms with E-state index in [9.17, 15) is 0 Å².